The van der Waals surface area contributed by atoms with Crippen LogP contribution in [0.3, 0.4) is 0 Å². The van der Waals surface area contributed by atoms with Gasteiger partial charge < -0.3 is 5.32 Å². The van der Waals surface area contributed by atoms with E-state index in [4.69, 9.17) is 0 Å². The molecule has 0 saturated carbocycles. The Morgan fingerprint density at radius 3 is 2.73 bits per heavy atom. The quantitative estimate of drug-likeness (QED) is 0.722. The number of likely N-dealkylation sites (tertiary alicyclic amines) is 1. The van der Waals surface area contributed by atoms with Gasteiger partial charge >= 0.3 is 0 Å². The summed E-state index contributed by atoms with van der Waals surface area (Å²) in [7, 11) is 0. The van der Waals surface area contributed by atoms with Crippen LogP contribution in [-0.4, -0.2) is 50.6 Å². The van der Waals surface area contributed by atoms with E-state index in [0.717, 1.165) is 13.1 Å². The van der Waals surface area contributed by atoms with Gasteiger partial charge in [-0.1, -0.05) is 30.3 Å². The number of thiophene rings is 1. The first kappa shape index (κ1) is 16.9. The molecule has 0 aliphatic carbocycles. The highest BCUT2D eigenvalue weighted by atomic mass is 32.1. The van der Waals surface area contributed by atoms with E-state index in [-0.39, 0.29) is 11.9 Å². The summed E-state index contributed by atoms with van der Waals surface area (Å²) in [5.41, 5.74) is 1.94. The summed E-state index contributed by atoms with van der Waals surface area (Å²) in [6.45, 7) is 2.73. The molecule has 1 fully saturated rings. The minimum absolute atomic E-state index is 0.0920. The molecular formula is C18H20N6OS. The lowest BCUT2D eigenvalue weighted by molar-refractivity contribution is 0.0942. The molecule has 7 nitrogen and oxygen atoms in total. The summed E-state index contributed by atoms with van der Waals surface area (Å²) < 4.78 is 1.51. The van der Waals surface area contributed by atoms with Gasteiger partial charge in [0.15, 0.2) is 0 Å². The molecule has 1 aliphatic heterocycles. The molecule has 0 spiro atoms. The number of benzene rings is 1. The third-order valence-electron chi connectivity index (χ3n) is 4.67. The first-order chi connectivity index (χ1) is 12.8. The number of amides is 1. The molecule has 2 aromatic heterocycles. The highest BCUT2D eigenvalue weighted by Gasteiger charge is 2.24. The van der Waals surface area contributed by atoms with Crippen LogP contribution in [0.25, 0.3) is 5.69 Å². The van der Waals surface area contributed by atoms with Crippen LogP contribution in [0.5, 0.6) is 0 Å². The molecular weight excluding hydrogens is 348 g/mol. The van der Waals surface area contributed by atoms with Crippen LogP contribution in [0, 0.1) is 0 Å². The Morgan fingerprint density at radius 1 is 1.19 bits per heavy atom. The number of aromatic nitrogens is 4. The third kappa shape index (κ3) is 3.51. The number of rotatable bonds is 6. The third-order valence-corrected chi connectivity index (χ3v) is 5.57. The lowest BCUT2D eigenvalue weighted by Crippen LogP contribution is -2.36. The summed E-state index contributed by atoms with van der Waals surface area (Å²) in [5.74, 6) is -0.0920. The van der Waals surface area contributed by atoms with Crippen molar-refractivity contribution in [2.45, 2.75) is 18.9 Å². The number of hydrogen-bond donors (Lipinski definition) is 1. The minimum Gasteiger partial charge on any atom is -0.349 e. The van der Waals surface area contributed by atoms with Crippen molar-refractivity contribution in [2.75, 3.05) is 19.6 Å². The van der Waals surface area contributed by atoms with Crippen molar-refractivity contribution >= 4 is 17.2 Å². The van der Waals surface area contributed by atoms with Gasteiger partial charge in [-0.15, -0.1) is 16.4 Å². The molecule has 8 heteroatoms. The van der Waals surface area contributed by atoms with Crippen LogP contribution in [0.4, 0.5) is 0 Å². The van der Waals surface area contributed by atoms with Crippen LogP contribution in [-0.2, 0) is 0 Å². The first-order valence-corrected chi connectivity index (χ1v) is 9.59. The molecule has 1 atom stereocenters. The number of hydrogen-bond acceptors (Lipinski definition) is 6. The van der Waals surface area contributed by atoms with Gasteiger partial charge in [0.05, 0.1) is 11.7 Å². The Balaban J connectivity index is 1.49. The fourth-order valence-corrected chi connectivity index (χ4v) is 4.17. The van der Waals surface area contributed by atoms with E-state index in [1.807, 2.05) is 17.5 Å². The minimum atomic E-state index is -0.0920. The fraction of sp³-hybridized carbons (Fsp3) is 0.333. The van der Waals surface area contributed by atoms with Gasteiger partial charge in [0.1, 0.15) is 11.2 Å². The zero-order valence-electron chi connectivity index (χ0n) is 14.3. The van der Waals surface area contributed by atoms with E-state index >= 15 is 0 Å². The van der Waals surface area contributed by atoms with Gasteiger partial charge in [0.2, 0.25) is 0 Å². The standard InChI is InChI=1S/C18H20N6OS/c25-18(17-15(8-11-26-17)24-13-20-21-22-24)19-12-16(23-9-4-5-10-23)14-6-2-1-3-7-14/h1-3,6-8,11,13,16H,4-5,9-10,12H2,(H,19,25). The highest BCUT2D eigenvalue weighted by Crippen LogP contribution is 2.25. The van der Waals surface area contributed by atoms with E-state index in [1.54, 1.807) is 0 Å². The number of tetrazole rings is 1. The molecule has 0 bridgehead atoms. The summed E-state index contributed by atoms with van der Waals surface area (Å²) in [6, 6.07) is 12.4. The van der Waals surface area contributed by atoms with E-state index in [0.29, 0.717) is 17.1 Å². The smallest absolute Gasteiger partial charge is 0.263 e. The van der Waals surface area contributed by atoms with Crippen LogP contribution in [0.15, 0.2) is 48.1 Å². The Labute approximate surface area is 155 Å². The average molecular weight is 368 g/mol. The lowest BCUT2D eigenvalue weighted by Gasteiger charge is -2.28. The predicted molar refractivity (Wildman–Crippen MR) is 99.4 cm³/mol. The maximum atomic E-state index is 12.8. The van der Waals surface area contributed by atoms with Crippen molar-refractivity contribution in [3.8, 4) is 5.69 Å². The number of nitrogens with one attached hydrogen (secondary N) is 1. The molecule has 1 saturated heterocycles. The van der Waals surface area contributed by atoms with Crippen LogP contribution >= 0.6 is 11.3 Å². The second-order valence-corrected chi connectivity index (χ2v) is 7.19. The largest absolute Gasteiger partial charge is 0.349 e. The summed E-state index contributed by atoms with van der Waals surface area (Å²) in [4.78, 5) is 15.8. The predicted octanol–water partition coefficient (Wildman–Crippen LogP) is 2.29. The normalized spacial score (nSPS) is 15.8. The summed E-state index contributed by atoms with van der Waals surface area (Å²) >= 11 is 1.39. The van der Waals surface area contributed by atoms with Gasteiger partial charge in [0.25, 0.3) is 5.91 Å². The molecule has 4 rings (SSSR count). The van der Waals surface area contributed by atoms with E-state index < -0.39 is 0 Å². The Morgan fingerprint density at radius 2 is 2.00 bits per heavy atom. The van der Waals surface area contributed by atoms with Crippen LogP contribution in [0.1, 0.15) is 34.1 Å². The molecule has 3 heterocycles. The Kier molecular flexibility index (Phi) is 5.03. The second-order valence-electron chi connectivity index (χ2n) is 6.27. The molecule has 1 amide bonds. The molecule has 1 unspecified atom stereocenters. The molecule has 3 aromatic rings. The number of carbonyl (C=O) groups excluding carboxylic acids is 1. The SMILES string of the molecule is O=C(NCC(c1ccccc1)N1CCCC1)c1sccc1-n1cnnn1. The van der Waals surface area contributed by atoms with Crippen molar-refractivity contribution in [1.82, 2.24) is 30.4 Å². The van der Waals surface area contributed by atoms with E-state index in [9.17, 15) is 4.79 Å². The van der Waals surface area contributed by atoms with Crippen LogP contribution in [0.2, 0.25) is 0 Å². The molecule has 1 N–H and O–H groups in total. The molecule has 26 heavy (non-hydrogen) atoms. The van der Waals surface area contributed by atoms with Crippen molar-refractivity contribution in [2.24, 2.45) is 0 Å². The van der Waals surface area contributed by atoms with Crippen molar-refractivity contribution in [3.05, 3.63) is 58.5 Å². The zero-order valence-corrected chi connectivity index (χ0v) is 15.1. The monoisotopic (exact) mass is 368 g/mol. The Hall–Kier alpha value is -2.58. The van der Waals surface area contributed by atoms with Gasteiger partial charge in [-0.05, 0) is 53.4 Å². The molecule has 1 aliphatic rings. The molecule has 134 valence electrons. The number of carbonyl (C=O) groups is 1. The fourth-order valence-electron chi connectivity index (χ4n) is 3.38. The van der Waals surface area contributed by atoms with Gasteiger partial charge in [-0.25, -0.2) is 0 Å². The van der Waals surface area contributed by atoms with Gasteiger partial charge in [-0.3, -0.25) is 9.69 Å². The second kappa shape index (κ2) is 7.76. The zero-order chi connectivity index (χ0) is 17.8. The highest BCUT2D eigenvalue weighted by molar-refractivity contribution is 7.12. The molecule has 0 radical (unpaired) electrons. The number of nitrogens with zero attached hydrogens (tertiary/aromatic N) is 5. The molecule has 1 aromatic carbocycles. The average Bonchev–Trinajstić information content (AvgIpc) is 3.43. The van der Waals surface area contributed by atoms with Crippen LogP contribution < -0.4 is 5.32 Å². The van der Waals surface area contributed by atoms with Gasteiger partial charge in [-0.2, -0.15) is 4.68 Å². The maximum absolute atomic E-state index is 12.8. The first-order valence-electron chi connectivity index (χ1n) is 8.71. The van der Waals surface area contributed by atoms with Crippen molar-refractivity contribution in [3.63, 3.8) is 0 Å². The lowest BCUT2D eigenvalue weighted by atomic mass is 10.1. The van der Waals surface area contributed by atoms with E-state index in [2.05, 4.69) is 50.0 Å². The Bertz CT molecular complexity index is 842. The summed E-state index contributed by atoms with van der Waals surface area (Å²) in [6.07, 6.45) is 3.92. The maximum Gasteiger partial charge on any atom is 0.263 e. The van der Waals surface area contributed by atoms with Crippen molar-refractivity contribution < 1.29 is 4.79 Å². The van der Waals surface area contributed by atoms with Crippen molar-refractivity contribution in [1.29, 1.82) is 0 Å². The summed E-state index contributed by atoms with van der Waals surface area (Å²) in [5, 5.41) is 16.2. The topological polar surface area (TPSA) is 75.9 Å². The van der Waals surface area contributed by atoms with E-state index in [1.165, 1.54) is 40.8 Å². The van der Waals surface area contributed by atoms with Gasteiger partial charge in [0, 0.05) is 6.54 Å².